The molecule has 5 heteroatoms. The number of aryl methyl sites for hydroxylation is 1. The van der Waals surface area contributed by atoms with E-state index in [1.807, 2.05) is 26.0 Å². The van der Waals surface area contributed by atoms with Crippen LogP contribution in [0, 0.1) is 18.6 Å². The minimum absolute atomic E-state index is 0.0171. The summed E-state index contributed by atoms with van der Waals surface area (Å²) in [4.78, 5) is 4.22. The lowest BCUT2D eigenvalue weighted by Crippen LogP contribution is -2.25. The molecule has 0 spiro atoms. The molecule has 21 heavy (non-hydrogen) atoms. The van der Waals surface area contributed by atoms with Crippen molar-refractivity contribution < 1.29 is 8.78 Å². The SMILES string of the molecule is CCCNC(c1ccc(C)nc1)c1c(F)ccc(Br)c1F. The van der Waals surface area contributed by atoms with Gasteiger partial charge in [0.25, 0.3) is 0 Å². The number of aromatic nitrogens is 1. The fraction of sp³-hybridized carbons (Fsp3) is 0.312. The summed E-state index contributed by atoms with van der Waals surface area (Å²) in [5.74, 6) is -1.14. The monoisotopic (exact) mass is 354 g/mol. The summed E-state index contributed by atoms with van der Waals surface area (Å²) in [5.41, 5.74) is 1.62. The van der Waals surface area contributed by atoms with E-state index in [9.17, 15) is 8.78 Å². The van der Waals surface area contributed by atoms with E-state index in [2.05, 4.69) is 26.2 Å². The third-order valence-electron chi connectivity index (χ3n) is 3.23. The largest absolute Gasteiger partial charge is 0.306 e. The highest BCUT2D eigenvalue weighted by atomic mass is 79.9. The number of pyridine rings is 1. The van der Waals surface area contributed by atoms with Crippen LogP contribution in [0.4, 0.5) is 8.78 Å². The highest BCUT2D eigenvalue weighted by Gasteiger charge is 2.23. The summed E-state index contributed by atoms with van der Waals surface area (Å²) in [5, 5.41) is 3.19. The molecule has 0 bridgehead atoms. The van der Waals surface area contributed by atoms with Crippen LogP contribution in [0.25, 0.3) is 0 Å². The van der Waals surface area contributed by atoms with E-state index in [1.54, 1.807) is 6.20 Å². The van der Waals surface area contributed by atoms with Crippen LogP contribution < -0.4 is 5.32 Å². The Morgan fingerprint density at radius 2 is 2.00 bits per heavy atom. The van der Waals surface area contributed by atoms with E-state index in [4.69, 9.17) is 0 Å². The van der Waals surface area contributed by atoms with Crippen molar-refractivity contribution in [3.8, 4) is 0 Å². The fourth-order valence-electron chi connectivity index (χ4n) is 2.13. The smallest absolute Gasteiger partial charge is 0.145 e. The van der Waals surface area contributed by atoms with Gasteiger partial charge in [-0.25, -0.2) is 8.78 Å². The molecule has 0 aliphatic rings. The number of hydrogen-bond acceptors (Lipinski definition) is 2. The molecule has 0 fully saturated rings. The second kappa shape index (κ2) is 7.09. The maximum absolute atomic E-state index is 14.4. The van der Waals surface area contributed by atoms with E-state index in [0.717, 1.165) is 17.7 Å². The predicted molar refractivity (Wildman–Crippen MR) is 83.2 cm³/mol. The molecular weight excluding hydrogens is 338 g/mol. The molecule has 112 valence electrons. The normalized spacial score (nSPS) is 12.4. The Morgan fingerprint density at radius 3 is 2.62 bits per heavy atom. The van der Waals surface area contributed by atoms with Gasteiger partial charge in [0.05, 0.1) is 10.5 Å². The molecule has 1 N–H and O–H groups in total. The number of nitrogens with one attached hydrogen (secondary N) is 1. The van der Waals surface area contributed by atoms with Crippen LogP contribution in [0.15, 0.2) is 34.9 Å². The maximum Gasteiger partial charge on any atom is 0.145 e. The third-order valence-corrected chi connectivity index (χ3v) is 3.85. The molecular formula is C16H17BrF2N2. The first-order valence-corrected chi connectivity index (χ1v) is 7.63. The Morgan fingerprint density at radius 1 is 1.24 bits per heavy atom. The topological polar surface area (TPSA) is 24.9 Å². The number of hydrogen-bond donors (Lipinski definition) is 1. The molecule has 1 atom stereocenters. The van der Waals surface area contributed by atoms with Gasteiger partial charge in [-0.1, -0.05) is 13.0 Å². The Kier molecular flexibility index (Phi) is 5.42. The quantitative estimate of drug-likeness (QED) is 0.798. The zero-order valence-corrected chi connectivity index (χ0v) is 13.5. The average Bonchev–Trinajstić information content (AvgIpc) is 2.48. The van der Waals surface area contributed by atoms with Crippen molar-refractivity contribution in [2.45, 2.75) is 26.3 Å². The van der Waals surface area contributed by atoms with Gasteiger partial charge >= 0.3 is 0 Å². The third kappa shape index (κ3) is 3.66. The lowest BCUT2D eigenvalue weighted by Gasteiger charge is -2.21. The van der Waals surface area contributed by atoms with Crippen LogP contribution in [-0.4, -0.2) is 11.5 Å². The van der Waals surface area contributed by atoms with Crippen LogP contribution in [0.5, 0.6) is 0 Å². The lowest BCUT2D eigenvalue weighted by molar-refractivity contribution is 0.499. The van der Waals surface area contributed by atoms with Crippen LogP contribution in [0.1, 0.15) is 36.2 Å². The minimum Gasteiger partial charge on any atom is -0.306 e. The highest BCUT2D eigenvalue weighted by molar-refractivity contribution is 9.10. The summed E-state index contributed by atoms with van der Waals surface area (Å²) in [6, 6.07) is 5.76. The van der Waals surface area contributed by atoms with E-state index in [0.29, 0.717) is 6.54 Å². The molecule has 0 amide bonds. The zero-order chi connectivity index (χ0) is 15.4. The van der Waals surface area contributed by atoms with Crippen LogP contribution in [-0.2, 0) is 0 Å². The van der Waals surface area contributed by atoms with Crippen molar-refractivity contribution in [3.63, 3.8) is 0 Å². The van der Waals surface area contributed by atoms with Gasteiger partial charge in [0, 0.05) is 17.5 Å². The Balaban J connectivity index is 2.50. The molecule has 1 aromatic carbocycles. The fourth-order valence-corrected chi connectivity index (χ4v) is 2.48. The Bertz CT molecular complexity index is 614. The summed E-state index contributed by atoms with van der Waals surface area (Å²) in [6.45, 7) is 4.54. The molecule has 1 aromatic heterocycles. The van der Waals surface area contributed by atoms with Crippen LogP contribution in [0.3, 0.4) is 0 Å². The number of rotatable bonds is 5. The lowest BCUT2D eigenvalue weighted by atomic mass is 9.98. The van der Waals surface area contributed by atoms with Crippen molar-refractivity contribution in [1.29, 1.82) is 0 Å². The Hall–Kier alpha value is -1.33. The molecule has 1 heterocycles. The zero-order valence-electron chi connectivity index (χ0n) is 12.0. The Labute approximate surface area is 131 Å². The van der Waals surface area contributed by atoms with Crippen LogP contribution >= 0.6 is 15.9 Å². The van der Waals surface area contributed by atoms with Gasteiger partial charge in [-0.15, -0.1) is 0 Å². The first-order chi connectivity index (χ1) is 10.0. The molecule has 0 aliphatic carbocycles. The van der Waals surface area contributed by atoms with Crippen molar-refractivity contribution in [1.82, 2.24) is 10.3 Å². The molecule has 2 rings (SSSR count). The van der Waals surface area contributed by atoms with Gasteiger partial charge in [-0.3, -0.25) is 4.98 Å². The van der Waals surface area contributed by atoms with Crippen molar-refractivity contribution >= 4 is 15.9 Å². The van der Waals surface area contributed by atoms with Crippen LogP contribution in [0.2, 0.25) is 0 Å². The van der Waals surface area contributed by atoms with E-state index >= 15 is 0 Å². The molecule has 2 nitrogen and oxygen atoms in total. The van der Waals surface area contributed by atoms with Gasteiger partial charge in [0.1, 0.15) is 11.6 Å². The van der Waals surface area contributed by atoms with E-state index in [1.165, 1.54) is 12.1 Å². The molecule has 2 aromatic rings. The maximum atomic E-state index is 14.4. The number of halogens is 3. The standard InChI is InChI=1S/C16H17BrF2N2/c1-3-8-20-16(11-5-4-10(2)21-9-11)14-13(18)7-6-12(17)15(14)19/h4-7,9,16,20H,3,8H2,1-2H3. The van der Waals surface area contributed by atoms with Crippen molar-refractivity contribution in [2.24, 2.45) is 0 Å². The second-order valence-corrected chi connectivity index (χ2v) is 5.73. The second-order valence-electron chi connectivity index (χ2n) is 4.88. The molecule has 0 aliphatic heterocycles. The van der Waals surface area contributed by atoms with Gasteiger partial charge < -0.3 is 5.32 Å². The van der Waals surface area contributed by atoms with Gasteiger partial charge in [-0.2, -0.15) is 0 Å². The molecule has 1 unspecified atom stereocenters. The summed E-state index contributed by atoms with van der Waals surface area (Å²) < 4.78 is 28.8. The average molecular weight is 355 g/mol. The van der Waals surface area contributed by atoms with E-state index < -0.39 is 17.7 Å². The first-order valence-electron chi connectivity index (χ1n) is 6.84. The molecule has 0 radical (unpaired) electrons. The first kappa shape index (κ1) is 16.0. The summed E-state index contributed by atoms with van der Waals surface area (Å²) in [7, 11) is 0. The predicted octanol–water partition coefficient (Wildman–Crippen LogP) is 4.52. The van der Waals surface area contributed by atoms with Crippen molar-refractivity contribution in [3.05, 3.63) is 63.4 Å². The molecule has 0 saturated heterocycles. The number of benzene rings is 1. The highest BCUT2D eigenvalue weighted by Crippen LogP contribution is 2.30. The van der Waals surface area contributed by atoms with Gasteiger partial charge in [0.2, 0.25) is 0 Å². The van der Waals surface area contributed by atoms with E-state index in [-0.39, 0.29) is 10.0 Å². The minimum atomic E-state index is -0.579. The molecule has 0 saturated carbocycles. The van der Waals surface area contributed by atoms with Gasteiger partial charge in [0.15, 0.2) is 0 Å². The summed E-state index contributed by atoms with van der Waals surface area (Å²) >= 11 is 3.12. The summed E-state index contributed by atoms with van der Waals surface area (Å²) in [6.07, 6.45) is 2.52. The van der Waals surface area contributed by atoms with Gasteiger partial charge in [-0.05, 0) is 59.6 Å². The van der Waals surface area contributed by atoms with Crippen molar-refractivity contribution in [2.75, 3.05) is 6.54 Å². The number of nitrogens with zero attached hydrogens (tertiary/aromatic N) is 1.